The van der Waals surface area contributed by atoms with Crippen LogP contribution < -0.4 is 0 Å². The van der Waals surface area contributed by atoms with Crippen molar-refractivity contribution in [1.29, 1.82) is 0 Å². The Morgan fingerprint density at radius 3 is 2.36 bits per heavy atom. The number of hydrogen-bond donors (Lipinski definition) is 1. The first-order chi connectivity index (χ1) is 18.1. The molecule has 212 valence electrons. The standard InChI is InChI=1S/C32H42O7/c1-14(2)20-11-21-17(5)25-28(37-19(7)33)32(21,15(3)10-23(20)34)27-26(35)18(6)22-12-24-29(8,9)38-39-30(24,36)13-16(4)31(22,25)27/h12,14-16,20,25,27-28,36H,10-11,13H2,1-9H3/t15-,16-,20+,25-,27-,28?,30?,31-,32-/m1/s1. The van der Waals surface area contributed by atoms with E-state index in [1.165, 1.54) is 6.92 Å². The van der Waals surface area contributed by atoms with Crippen LogP contribution in [0.15, 0.2) is 33.9 Å². The molecule has 6 aliphatic rings. The maximum atomic E-state index is 14.6. The van der Waals surface area contributed by atoms with Crippen molar-refractivity contribution >= 4 is 17.5 Å². The van der Waals surface area contributed by atoms with Crippen LogP contribution in [0.5, 0.6) is 0 Å². The molecule has 39 heavy (non-hydrogen) atoms. The van der Waals surface area contributed by atoms with E-state index < -0.39 is 34.2 Å². The predicted octanol–water partition coefficient (Wildman–Crippen LogP) is 5.03. The lowest BCUT2D eigenvalue weighted by Gasteiger charge is -2.50. The third kappa shape index (κ3) is 2.97. The summed E-state index contributed by atoms with van der Waals surface area (Å²) in [6, 6.07) is 0. The second-order valence-corrected chi connectivity index (χ2v) is 14.1. The van der Waals surface area contributed by atoms with Crippen molar-refractivity contribution in [2.75, 3.05) is 0 Å². The molecular weight excluding hydrogens is 496 g/mol. The molecule has 0 aromatic carbocycles. The minimum atomic E-state index is -1.62. The van der Waals surface area contributed by atoms with Gasteiger partial charge < -0.3 is 9.84 Å². The summed E-state index contributed by atoms with van der Waals surface area (Å²) in [6.45, 7) is 17.5. The zero-order valence-corrected chi connectivity index (χ0v) is 24.6. The lowest BCUT2D eigenvalue weighted by Crippen LogP contribution is -2.50. The lowest BCUT2D eigenvalue weighted by atomic mass is 9.51. The highest BCUT2D eigenvalue weighted by atomic mass is 17.2. The van der Waals surface area contributed by atoms with Crippen molar-refractivity contribution in [3.63, 3.8) is 0 Å². The molecule has 0 aromatic rings. The Morgan fingerprint density at radius 2 is 1.74 bits per heavy atom. The number of carbonyl (C=O) groups is 3. The summed E-state index contributed by atoms with van der Waals surface area (Å²) in [5.74, 6) is -2.77. The molecule has 3 fully saturated rings. The number of Topliss-reactive ketones (excluding diaryl/α,β-unsaturated/α-hetero) is 2. The van der Waals surface area contributed by atoms with Crippen molar-refractivity contribution in [3.05, 3.63) is 33.9 Å². The van der Waals surface area contributed by atoms with Gasteiger partial charge in [-0.3, -0.25) is 14.4 Å². The van der Waals surface area contributed by atoms with Gasteiger partial charge in [-0.05, 0) is 63.0 Å². The minimum Gasteiger partial charge on any atom is -0.461 e. The van der Waals surface area contributed by atoms with Gasteiger partial charge in [0.2, 0.25) is 5.79 Å². The summed E-state index contributed by atoms with van der Waals surface area (Å²) in [4.78, 5) is 52.1. The van der Waals surface area contributed by atoms with Gasteiger partial charge in [0, 0.05) is 53.9 Å². The Morgan fingerprint density at radius 1 is 1.08 bits per heavy atom. The number of hydrogen-bond acceptors (Lipinski definition) is 7. The van der Waals surface area contributed by atoms with Gasteiger partial charge >= 0.3 is 5.97 Å². The molecule has 2 spiro atoms. The van der Waals surface area contributed by atoms with Crippen LogP contribution in [0.25, 0.3) is 0 Å². The number of fused-ring (bicyclic) bond motifs is 2. The molecule has 7 nitrogen and oxygen atoms in total. The first-order valence-electron chi connectivity index (χ1n) is 14.5. The van der Waals surface area contributed by atoms with E-state index >= 15 is 0 Å². The summed E-state index contributed by atoms with van der Waals surface area (Å²) in [5, 5.41) is 11.8. The zero-order chi connectivity index (χ0) is 28.6. The van der Waals surface area contributed by atoms with Crippen molar-refractivity contribution in [2.45, 2.75) is 99.1 Å². The molecule has 1 N–H and O–H groups in total. The highest BCUT2D eigenvalue weighted by molar-refractivity contribution is 6.05. The summed E-state index contributed by atoms with van der Waals surface area (Å²) in [6.07, 6.45) is 2.60. The van der Waals surface area contributed by atoms with Crippen LogP contribution in [0.1, 0.15) is 81.6 Å². The Hall–Kier alpha value is -2.09. The van der Waals surface area contributed by atoms with E-state index in [0.29, 0.717) is 24.0 Å². The molecule has 5 aliphatic carbocycles. The van der Waals surface area contributed by atoms with Gasteiger partial charge in [-0.1, -0.05) is 44.9 Å². The van der Waals surface area contributed by atoms with E-state index in [1.54, 1.807) is 0 Å². The van der Waals surface area contributed by atoms with Crippen LogP contribution >= 0.6 is 0 Å². The second kappa shape index (κ2) is 8.01. The molecule has 1 saturated heterocycles. The quantitative estimate of drug-likeness (QED) is 0.299. The van der Waals surface area contributed by atoms with E-state index in [9.17, 15) is 19.5 Å². The van der Waals surface area contributed by atoms with Gasteiger partial charge in [-0.15, -0.1) is 0 Å². The second-order valence-electron chi connectivity index (χ2n) is 14.1. The molecule has 0 amide bonds. The van der Waals surface area contributed by atoms with Crippen LogP contribution in [0.2, 0.25) is 0 Å². The number of allylic oxidation sites excluding steroid dienone is 3. The SMILES string of the molecule is CC(=O)OC1[C@H]2C(C)=C3C[C@@H](C(C)C)C(=O)C[C@@H](C)[C@]31[C@@H]1C(=O)C(C)=C3C=C4C(C)(C)OOC4(O)C[C@@H](C)[C@@]321. The zero-order valence-electron chi connectivity index (χ0n) is 24.6. The van der Waals surface area contributed by atoms with Gasteiger partial charge in [0.15, 0.2) is 5.78 Å². The predicted molar refractivity (Wildman–Crippen MR) is 143 cm³/mol. The van der Waals surface area contributed by atoms with Crippen molar-refractivity contribution < 1.29 is 34.0 Å². The molecule has 0 aromatic heterocycles. The topological polar surface area (TPSA) is 99.1 Å². The van der Waals surface area contributed by atoms with E-state index in [-0.39, 0.29) is 53.5 Å². The van der Waals surface area contributed by atoms with Gasteiger partial charge in [-0.25, -0.2) is 4.89 Å². The molecule has 7 heteroatoms. The molecule has 2 unspecified atom stereocenters. The number of rotatable bonds is 2. The molecule has 6 rings (SSSR count). The minimum absolute atomic E-state index is 0.0729. The highest BCUT2D eigenvalue weighted by Crippen LogP contribution is 2.80. The first-order valence-corrected chi connectivity index (χ1v) is 14.5. The number of esters is 1. The summed E-state index contributed by atoms with van der Waals surface area (Å²) >= 11 is 0. The Labute approximate surface area is 230 Å². The van der Waals surface area contributed by atoms with E-state index in [1.807, 2.05) is 26.8 Å². The maximum Gasteiger partial charge on any atom is 0.302 e. The third-order valence-corrected chi connectivity index (χ3v) is 11.6. The van der Waals surface area contributed by atoms with Crippen LogP contribution in [-0.4, -0.2) is 40.1 Å². The summed E-state index contributed by atoms with van der Waals surface area (Å²) < 4.78 is 6.29. The van der Waals surface area contributed by atoms with E-state index in [2.05, 4.69) is 34.6 Å². The fraction of sp³-hybridized carbons (Fsp3) is 0.719. The Kier molecular flexibility index (Phi) is 5.57. The Bertz CT molecular complexity index is 1300. The van der Waals surface area contributed by atoms with E-state index in [0.717, 1.165) is 16.7 Å². The molecule has 0 radical (unpaired) electrons. The molecule has 2 bridgehead atoms. The summed E-state index contributed by atoms with van der Waals surface area (Å²) in [7, 11) is 0. The van der Waals surface area contributed by atoms with Gasteiger partial charge in [0.25, 0.3) is 0 Å². The normalized spacial score (nSPS) is 46.1. The smallest absolute Gasteiger partial charge is 0.302 e. The molecule has 2 saturated carbocycles. The number of aliphatic hydroxyl groups is 1. The van der Waals surface area contributed by atoms with Gasteiger partial charge in [0.1, 0.15) is 17.5 Å². The van der Waals surface area contributed by atoms with Crippen LogP contribution in [0.3, 0.4) is 0 Å². The van der Waals surface area contributed by atoms with Crippen LogP contribution in [0.4, 0.5) is 0 Å². The number of ether oxygens (including phenoxy) is 1. The molecule has 9 atom stereocenters. The van der Waals surface area contributed by atoms with Gasteiger partial charge in [0.05, 0.1) is 0 Å². The monoisotopic (exact) mass is 538 g/mol. The average molecular weight is 539 g/mol. The molecular formula is C32H42O7. The van der Waals surface area contributed by atoms with Crippen LogP contribution in [-0.2, 0) is 28.9 Å². The Balaban J connectivity index is 1.67. The van der Waals surface area contributed by atoms with Crippen molar-refractivity contribution in [3.8, 4) is 0 Å². The average Bonchev–Trinajstić information content (AvgIpc) is 3.32. The number of ketones is 2. The lowest BCUT2D eigenvalue weighted by molar-refractivity contribution is -0.392. The van der Waals surface area contributed by atoms with E-state index in [4.69, 9.17) is 14.5 Å². The first kappa shape index (κ1) is 27.1. The molecule has 1 aliphatic heterocycles. The van der Waals surface area contributed by atoms with Crippen molar-refractivity contribution in [1.82, 2.24) is 0 Å². The molecule has 1 heterocycles. The largest absolute Gasteiger partial charge is 0.461 e. The van der Waals surface area contributed by atoms with Crippen LogP contribution in [0, 0.1) is 46.3 Å². The third-order valence-electron chi connectivity index (χ3n) is 11.6. The fourth-order valence-corrected chi connectivity index (χ4v) is 10.2. The van der Waals surface area contributed by atoms with Crippen molar-refractivity contribution in [2.24, 2.45) is 46.3 Å². The van der Waals surface area contributed by atoms with Gasteiger partial charge in [-0.2, -0.15) is 4.89 Å². The summed E-state index contributed by atoms with van der Waals surface area (Å²) in [5.41, 5.74) is 2.15. The fourth-order valence-electron chi connectivity index (χ4n) is 10.2. The number of carbonyl (C=O) groups excluding carboxylic acids is 3. The highest BCUT2D eigenvalue weighted by Gasteiger charge is 2.82. The maximum absolute atomic E-state index is 14.6.